The second-order valence-electron chi connectivity index (χ2n) is 6.98. The summed E-state index contributed by atoms with van der Waals surface area (Å²) in [5, 5.41) is 4.39. The number of hydrogen-bond donors (Lipinski definition) is 0. The minimum Gasteiger partial charge on any atom is -0.423 e. The summed E-state index contributed by atoms with van der Waals surface area (Å²) in [5.74, 6) is 0.328. The molecule has 1 amide bonds. The van der Waals surface area contributed by atoms with Crippen LogP contribution in [0.5, 0.6) is 0 Å². The third-order valence-electron chi connectivity index (χ3n) is 4.85. The molecule has 0 spiro atoms. The van der Waals surface area contributed by atoms with Crippen LogP contribution < -0.4 is 4.90 Å². The summed E-state index contributed by atoms with van der Waals surface area (Å²) in [6.07, 6.45) is 0. The fraction of sp³-hybridized carbons (Fsp3) is 0.421. The maximum Gasteiger partial charge on any atom is 0.298 e. The van der Waals surface area contributed by atoms with Crippen LogP contribution in [0.4, 0.5) is 6.01 Å². The molecule has 4 rings (SSSR count). The number of aromatic nitrogens is 3. The Labute approximate surface area is 152 Å². The Morgan fingerprint density at radius 1 is 1.15 bits per heavy atom. The zero-order chi connectivity index (χ0) is 18.3. The molecule has 1 fully saturated rings. The molecule has 0 saturated carbocycles. The standard InChI is InChI=1S/C19H23N5O2/c1-13(2)16-12-15(21-22(16)3)18(25)23-8-10-24(11-9-23)19-20-14-6-4-5-7-17(14)26-19/h4-7,12-13H,8-11H2,1-3H3. The number of carbonyl (C=O) groups excluding carboxylic acids is 1. The Balaban J connectivity index is 1.44. The number of piperazine rings is 1. The molecular weight excluding hydrogens is 330 g/mol. The number of oxazole rings is 1. The minimum absolute atomic E-state index is 0.00952. The van der Waals surface area contributed by atoms with E-state index in [-0.39, 0.29) is 5.91 Å². The Kier molecular flexibility index (Phi) is 4.14. The molecule has 3 heterocycles. The summed E-state index contributed by atoms with van der Waals surface area (Å²) in [6.45, 7) is 6.86. The highest BCUT2D eigenvalue weighted by molar-refractivity contribution is 5.92. The van der Waals surface area contributed by atoms with Crippen molar-refractivity contribution in [3.8, 4) is 0 Å². The smallest absolute Gasteiger partial charge is 0.298 e. The van der Waals surface area contributed by atoms with E-state index in [1.54, 1.807) is 4.68 Å². The summed E-state index contributed by atoms with van der Waals surface area (Å²) in [7, 11) is 1.89. The molecule has 0 bridgehead atoms. The van der Waals surface area contributed by atoms with E-state index in [2.05, 4.69) is 28.8 Å². The molecule has 1 saturated heterocycles. The first-order chi connectivity index (χ1) is 12.5. The van der Waals surface area contributed by atoms with Gasteiger partial charge in [-0.1, -0.05) is 26.0 Å². The Morgan fingerprint density at radius 2 is 1.88 bits per heavy atom. The lowest BCUT2D eigenvalue weighted by molar-refractivity contribution is 0.0738. The van der Waals surface area contributed by atoms with E-state index in [9.17, 15) is 4.79 Å². The number of nitrogens with zero attached hydrogens (tertiary/aromatic N) is 5. The van der Waals surface area contributed by atoms with Gasteiger partial charge in [-0.2, -0.15) is 10.1 Å². The molecule has 1 aliphatic heterocycles. The molecule has 0 N–H and O–H groups in total. The van der Waals surface area contributed by atoms with E-state index in [4.69, 9.17) is 4.42 Å². The molecule has 1 aromatic carbocycles. The van der Waals surface area contributed by atoms with Crippen molar-refractivity contribution in [1.29, 1.82) is 0 Å². The molecule has 136 valence electrons. The van der Waals surface area contributed by atoms with Crippen LogP contribution >= 0.6 is 0 Å². The lowest BCUT2D eigenvalue weighted by Crippen LogP contribution is -2.49. The lowest BCUT2D eigenvalue weighted by atomic mass is 10.1. The number of rotatable bonds is 3. The van der Waals surface area contributed by atoms with Gasteiger partial charge < -0.3 is 14.2 Å². The van der Waals surface area contributed by atoms with Crippen molar-refractivity contribution in [3.05, 3.63) is 41.7 Å². The maximum absolute atomic E-state index is 12.8. The fourth-order valence-corrected chi connectivity index (χ4v) is 3.38. The van der Waals surface area contributed by atoms with Gasteiger partial charge in [-0.05, 0) is 24.1 Å². The number of carbonyl (C=O) groups is 1. The third-order valence-corrected chi connectivity index (χ3v) is 4.85. The van der Waals surface area contributed by atoms with Crippen molar-refractivity contribution in [2.45, 2.75) is 19.8 Å². The van der Waals surface area contributed by atoms with Crippen molar-refractivity contribution in [2.24, 2.45) is 7.05 Å². The van der Waals surface area contributed by atoms with E-state index in [1.165, 1.54) is 0 Å². The quantitative estimate of drug-likeness (QED) is 0.724. The summed E-state index contributed by atoms with van der Waals surface area (Å²) in [5.41, 5.74) is 3.23. The monoisotopic (exact) mass is 353 g/mol. The van der Waals surface area contributed by atoms with Crippen molar-refractivity contribution >= 4 is 23.0 Å². The van der Waals surface area contributed by atoms with Gasteiger partial charge in [-0.25, -0.2) is 0 Å². The predicted molar refractivity (Wildman–Crippen MR) is 99.4 cm³/mol. The predicted octanol–water partition coefficient (Wildman–Crippen LogP) is 2.65. The average molecular weight is 353 g/mol. The Hall–Kier alpha value is -2.83. The topological polar surface area (TPSA) is 67.4 Å². The molecule has 0 unspecified atom stereocenters. The number of fused-ring (bicyclic) bond motifs is 1. The van der Waals surface area contributed by atoms with Gasteiger partial charge in [0, 0.05) is 38.9 Å². The van der Waals surface area contributed by atoms with Crippen LogP contribution in [-0.4, -0.2) is 51.8 Å². The molecule has 0 atom stereocenters. The molecular formula is C19H23N5O2. The van der Waals surface area contributed by atoms with Gasteiger partial charge >= 0.3 is 0 Å². The van der Waals surface area contributed by atoms with Gasteiger partial charge in [-0.15, -0.1) is 0 Å². The SMILES string of the molecule is CC(C)c1cc(C(=O)N2CCN(c3nc4ccccc4o3)CC2)nn1C. The van der Waals surface area contributed by atoms with Crippen LogP contribution in [0.25, 0.3) is 11.1 Å². The van der Waals surface area contributed by atoms with Crippen molar-refractivity contribution in [1.82, 2.24) is 19.7 Å². The van der Waals surface area contributed by atoms with Crippen LogP contribution in [-0.2, 0) is 7.05 Å². The number of anilines is 1. The van der Waals surface area contributed by atoms with Crippen LogP contribution in [0.15, 0.2) is 34.7 Å². The van der Waals surface area contributed by atoms with Crippen LogP contribution in [0.1, 0.15) is 35.9 Å². The van der Waals surface area contributed by atoms with Crippen molar-refractivity contribution < 1.29 is 9.21 Å². The second kappa shape index (κ2) is 6.48. The van der Waals surface area contributed by atoms with Gasteiger partial charge in [0.25, 0.3) is 11.9 Å². The zero-order valence-corrected chi connectivity index (χ0v) is 15.3. The van der Waals surface area contributed by atoms with Gasteiger partial charge in [0.15, 0.2) is 11.3 Å². The van der Waals surface area contributed by atoms with Crippen molar-refractivity contribution in [3.63, 3.8) is 0 Å². The number of aryl methyl sites for hydroxylation is 1. The fourth-order valence-electron chi connectivity index (χ4n) is 3.38. The maximum atomic E-state index is 12.8. The molecule has 1 aliphatic rings. The highest BCUT2D eigenvalue weighted by Gasteiger charge is 2.26. The van der Waals surface area contributed by atoms with E-state index >= 15 is 0 Å². The first kappa shape index (κ1) is 16.6. The molecule has 3 aromatic rings. The van der Waals surface area contributed by atoms with E-state index in [1.807, 2.05) is 42.3 Å². The summed E-state index contributed by atoms with van der Waals surface area (Å²) >= 11 is 0. The summed E-state index contributed by atoms with van der Waals surface area (Å²) < 4.78 is 7.63. The highest BCUT2D eigenvalue weighted by atomic mass is 16.4. The number of benzene rings is 1. The van der Waals surface area contributed by atoms with Crippen LogP contribution in [0.2, 0.25) is 0 Å². The van der Waals surface area contributed by atoms with E-state index in [0.29, 0.717) is 43.8 Å². The largest absolute Gasteiger partial charge is 0.423 e. The normalized spacial score (nSPS) is 15.2. The molecule has 2 aromatic heterocycles. The first-order valence-electron chi connectivity index (χ1n) is 8.96. The Morgan fingerprint density at radius 3 is 2.54 bits per heavy atom. The molecule has 7 heteroatoms. The third kappa shape index (κ3) is 2.94. The molecule has 0 radical (unpaired) electrons. The number of amides is 1. The first-order valence-corrected chi connectivity index (χ1v) is 8.96. The number of para-hydroxylation sites is 2. The minimum atomic E-state index is -0.00952. The van der Waals surface area contributed by atoms with Crippen molar-refractivity contribution in [2.75, 3.05) is 31.1 Å². The molecule has 26 heavy (non-hydrogen) atoms. The second-order valence-corrected chi connectivity index (χ2v) is 6.98. The Bertz CT molecular complexity index is 901. The van der Waals surface area contributed by atoms with Gasteiger partial charge in [0.1, 0.15) is 5.52 Å². The zero-order valence-electron chi connectivity index (χ0n) is 15.3. The average Bonchev–Trinajstić information content (AvgIpc) is 3.25. The summed E-state index contributed by atoms with van der Waals surface area (Å²) in [4.78, 5) is 21.2. The summed E-state index contributed by atoms with van der Waals surface area (Å²) in [6, 6.07) is 10.3. The molecule has 0 aliphatic carbocycles. The van der Waals surface area contributed by atoms with Crippen LogP contribution in [0.3, 0.4) is 0 Å². The van der Waals surface area contributed by atoms with E-state index in [0.717, 1.165) is 16.8 Å². The van der Waals surface area contributed by atoms with Crippen LogP contribution in [0, 0.1) is 0 Å². The van der Waals surface area contributed by atoms with Gasteiger partial charge in [0.2, 0.25) is 0 Å². The number of hydrogen-bond acceptors (Lipinski definition) is 5. The van der Waals surface area contributed by atoms with Gasteiger partial charge in [0.05, 0.1) is 0 Å². The van der Waals surface area contributed by atoms with Gasteiger partial charge in [-0.3, -0.25) is 9.48 Å². The molecule has 7 nitrogen and oxygen atoms in total. The highest BCUT2D eigenvalue weighted by Crippen LogP contribution is 2.23. The van der Waals surface area contributed by atoms with E-state index < -0.39 is 0 Å². The lowest BCUT2D eigenvalue weighted by Gasteiger charge is -2.33.